The molecule has 0 unspecified atom stereocenters. The lowest BCUT2D eigenvalue weighted by Gasteiger charge is -2.14. The summed E-state index contributed by atoms with van der Waals surface area (Å²) < 4.78 is 16.3. The lowest BCUT2D eigenvalue weighted by molar-refractivity contribution is -0.117. The van der Waals surface area contributed by atoms with Gasteiger partial charge < -0.3 is 14.2 Å². The number of carbonyl (C=O) groups excluding carboxylic acids is 3. The zero-order chi connectivity index (χ0) is 24.1. The Hall–Kier alpha value is -4.59. The molecule has 0 atom stereocenters. The summed E-state index contributed by atoms with van der Waals surface area (Å²) in [6.07, 6.45) is 1.47. The Bertz CT molecular complexity index is 1250. The van der Waals surface area contributed by atoms with Crippen LogP contribution in [0.1, 0.15) is 22.8 Å². The van der Waals surface area contributed by atoms with E-state index in [9.17, 15) is 14.4 Å². The molecule has 4 rings (SSSR count). The van der Waals surface area contributed by atoms with Gasteiger partial charge in [0, 0.05) is 0 Å². The fourth-order valence-electron chi connectivity index (χ4n) is 3.34. The van der Waals surface area contributed by atoms with E-state index in [4.69, 9.17) is 14.2 Å². The maximum Gasteiger partial charge on any atom is 0.343 e. The van der Waals surface area contributed by atoms with Gasteiger partial charge in [-0.05, 0) is 67.1 Å². The first-order valence-corrected chi connectivity index (χ1v) is 10.6. The van der Waals surface area contributed by atoms with Crippen LogP contribution < -0.4 is 24.6 Å². The molecule has 34 heavy (non-hydrogen) atoms. The summed E-state index contributed by atoms with van der Waals surface area (Å²) in [5, 5.41) is 1.20. The van der Waals surface area contributed by atoms with E-state index in [-0.39, 0.29) is 11.3 Å². The standard InChI is InChI=1S/C26H22N2O6/c1-3-33-23-16-17(9-14-22(23)34-26(31)18-10-12-20(32-2)13-11-18)15-21-24(29)27-28(25(21)30)19-7-5-4-6-8-19/h4-16H,3H2,1-2H3,(H,27,29)/b21-15-. The average Bonchev–Trinajstić information content (AvgIpc) is 3.14. The summed E-state index contributed by atoms with van der Waals surface area (Å²) in [7, 11) is 1.54. The first-order chi connectivity index (χ1) is 16.5. The van der Waals surface area contributed by atoms with Gasteiger partial charge >= 0.3 is 5.97 Å². The van der Waals surface area contributed by atoms with Crippen LogP contribution in [0.4, 0.5) is 5.69 Å². The lowest BCUT2D eigenvalue weighted by atomic mass is 10.1. The zero-order valence-corrected chi connectivity index (χ0v) is 18.6. The highest BCUT2D eigenvalue weighted by Crippen LogP contribution is 2.31. The highest BCUT2D eigenvalue weighted by Gasteiger charge is 2.34. The van der Waals surface area contributed by atoms with Gasteiger partial charge in [0.05, 0.1) is 25.0 Å². The Morgan fingerprint density at radius 2 is 1.71 bits per heavy atom. The second kappa shape index (κ2) is 9.91. The van der Waals surface area contributed by atoms with Crippen molar-refractivity contribution in [2.45, 2.75) is 6.92 Å². The smallest absolute Gasteiger partial charge is 0.343 e. The van der Waals surface area contributed by atoms with E-state index >= 15 is 0 Å². The molecule has 172 valence electrons. The summed E-state index contributed by atoms with van der Waals surface area (Å²) in [6.45, 7) is 2.13. The molecule has 0 radical (unpaired) electrons. The van der Waals surface area contributed by atoms with Crippen LogP contribution in [0.3, 0.4) is 0 Å². The first kappa shape index (κ1) is 22.6. The van der Waals surface area contributed by atoms with Crippen LogP contribution in [0.5, 0.6) is 17.2 Å². The number of rotatable bonds is 7. The summed E-state index contributed by atoms with van der Waals surface area (Å²) >= 11 is 0. The van der Waals surface area contributed by atoms with Crippen LogP contribution in [0.15, 0.2) is 78.4 Å². The highest BCUT2D eigenvalue weighted by atomic mass is 16.6. The maximum atomic E-state index is 12.8. The number of esters is 1. The third kappa shape index (κ3) is 4.75. The molecule has 0 aromatic heterocycles. The van der Waals surface area contributed by atoms with Gasteiger partial charge in [0.15, 0.2) is 11.5 Å². The molecule has 1 N–H and O–H groups in total. The predicted molar refractivity (Wildman–Crippen MR) is 126 cm³/mol. The topological polar surface area (TPSA) is 94.2 Å². The van der Waals surface area contributed by atoms with E-state index in [0.717, 1.165) is 0 Å². The molecular formula is C26H22N2O6. The van der Waals surface area contributed by atoms with Gasteiger partial charge in [0.25, 0.3) is 11.8 Å². The molecule has 3 aromatic rings. The molecule has 8 nitrogen and oxygen atoms in total. The van der Waals surface area contributed by atoms with Gasteiger partial charge in [-0.3, -0.25) is 15.0 Å². The van der Waals surface area contributed by atoms with Gasteiger partial charge in [-0.2, -0.15) is 0 Å². The van der Waals surface area contributed by atoms with Gasteiger partial charge in [0.1, 0.15) is 11.3 Å². The molecule has 0 aliphatic carbocycles. The van der Waals surface area contributed by atoms with Crippen molar-refractivity contribution in [3.63, 3.8) is 0 Å². The number of para-hydroxylation sites is 1. The molecule has 0 bridgehead atoms. The van der Waals surface area contributed by atoms with Crippen LogP contribution in [0.2, 0.25) is 0 Å². The number of ether oxygens (including phenoxy) is 3. The van der Waals surface area contributed by atoms with Crippen LogP contribution in [-0.2, 0) is 9.59 Å². The number of nitrogens with zero attached hydrogens (tertiary/aromatic N) is 1. The second-order valence-corrected chi connectivity index (χ2v) is 7.23. The van der Waals surface area contributed by atoms with Crippen LogP contribution in [0, 0.1) is 0 Å². The van der Waals surface area contributed by atoms with Crippen LogP contribution in [-0.4, -0.2) is 31.5 Å². The van der Waals surface area contributed by atoms with Gasteiger partial charge in [-0.25, -0.2) is 9.80 Å². The molecule has 1 aliphatic heterocycles. The number of carbonyl (C=O) groups is 3. The number of nitrogens with one attached hydrogen (secondary N) is 1. The van der Waals surface area contributed by atoms with E-state index < -0.39 is 17.8 Å². The number of hydrogen-bond acceptors (Lipinski definition) is 6. The van der Waals surface area contributed by atoms with Gasteiger partial charge in [0.2, 0.25) is 0 Å². The van der Waals surface area contributed by atoms with E-state index in [1.165, 1.54) is 11.1 Å². The van der Waals surface area contributed by atoms with E-state index in [0.29, 0.717) is 34.9 Å². The van der Waals surface area contributed by atoms with Crippen molar-refractivity contribution in [1.29, 1.82) is 0 Å². The van der Waals surface area contributed by atoms with E-state index in [1.807, 2.05) is 6.07 Å². The van der Waals surface area contributed by atoms with Crippen molar-refractivity contribution < 1.29 is 28.6 Å². The fourth-order valence-corrected chi connectivity index (χ4v) is 3.34. The Balaban J connectivity index is 1.57. The number of amides is 2. The Morgan fingerprint density at radius 3 is 2.38 bits per heavy atom. The second-order valence-electron chi connectivity index (χ2n) is 7.23. The molecule has 8 heteroatoms. The molecule has 1 fully saturated rings. The van der Waals surface area contributed by atoms with Gasteiger partial charge in [-0.1, -0.05) is 24.3 Å². The molecule has 0 spiro atoms. The molecular weight excluding hydrogens is 436 g/mol. The molecule has 2 amide bonds. The van der Waals surface area contributed by atoms with Crippen molar-refractivity contribution >= 4 is 29.5 Å². The maximum absolute atomic E-state index is 12.8. The summed E-state index contributed by atoms with van der Waals surface area (Å²) in [4.78, 5) is 37.8. The normalized spacial score (nSPS) is 14.2. The van der Waals surface area contributed by atoms with Crippen molar-refractivity contribution in [3.8, 4) is 17.2 Å². The van der Waals surface area contributed by atoms with E-state index in [2.05, 4.69) is 5.43 Å². The molecule has 0 saturated carbocycles. The highest BCUT2D eigenvalue weighted by molar-refractivity contribution is 6.31. The van der Waals surface area contributed by atoms with Crippen molar-refractivity contribution in [3.05, 3.63) is 89.5 Å². The minimum atomic E-state index is -0.557. The third-order valence-electron chi connectivity index (χ3n) is 5.01. The first-order valence-electron chi connectivity index (χ1n) is 10.6. The number of hydrogen-bond donors (Lipinski definition) is 1. The number of hydrazine groups is 1. The van der Waals surface area contributed by atoms with Crippen molar-refractivity contribution in [2.75, 3.05) is 18.7 Å². The largest absolute Gasteiger partial charge is 0.497 e. The zero-order valence-electron chi connectivity index (χ0n) is 18.6. The number of benzene rings is 3. The van der Waals surface area contributed by atoms with Crippen molar-refractivity contribution in [1.82, 2.24) is 5.43 Å². The SMILES string of the molecule is CCOc1cc(/C=C2/C(=O)NN(c3ccccc3)C2=O)ccc1OC(=O)c1ccc(OC)cc1. The molecule has 1 saturated heterocycles. The molecule has 3 aromatic carbocycles. The monoisotopic (exact) mass is 458 g/mol. The Morgan fingerprint density at radius 1 is 0.971 bits per heavy atom. The van der Waals surface area contributed by atoms with Gasteiger partial charge in [-0.15, -0.1) is 0 Å². The van der Waals surface area contributed by atoms with Crippen LogP contribution in [0.25, 0.3) is 6.08 Å². The Labute approximate surface area is 196 Å². The summed E-state index contributed by atoms with van der Waals surface area (Å²) in [6, 6.07) is 20.2. The predicted octanol–water partition coefficient (Wildman–Crippen LogP) is 3.77. The molecule has 1 heterocycles. The third-order valence-corrected chi connectivity index (χ3v) is 5.01. The fraction of sp³-hybridized carbons (Fsp3) is 0.115. The van der Waals surface area contributed by atoms with Crippen molar-refractivity contribution in [2.24, 2.45) is 0 Å². The Kier molecular flexibility index (Phi) is 6.59. The average molecular weight is 458 g/mol. The minimum absolute atomic E-state index is 0.0192. The summed E-state index contributed by atoms with van der Waals surface area (Å²) in [5.41, 5.74) is 3.99. The quantitative estimate of drug-likeness (QED) is 0.251. The van der Waals surface area contributed by atoms with E-state index in [1.54, 1.807) is 80.8 Å². The molecule has 1 aliphatic rings. The number of anilines is 1. The minimum Gasteiger partial charge on any atom is -0.497 e. The lowest BCUT2D eigenvalue weighted by Crippen LogP contribution is -2.35. The number of methoxy groups -OCH3 is 1. The summed E-state index contributed by atoms with van der Waals surface area (Å²) in [5.74, 6) is -0.382. The van der Waals surface area contributed by atoms with Crippen LogP contribution >= 0.6 is 0 Å².